The van der Waals surface area contributed by atoms with Crippen molar-refractivity contribution in [2.24, 2.45) is 0 Å². The van der Waals surface area contributed by atoms with Crippen molar-refractivity contribution >= 4 is 11.8 Å². The molecule has 0 spiro atoms. The number of imide groups is 1. The Morgan fingerprint density at radius 2 is 1.67 bits per heavy atom. The Balaban J connectivity index is 1.67. The van der Waals surface area contributed by atoms with Gasteiger partial charge in [0.25, 0.3) is 11.8 Å². The molecular weight excluding hydrogens is 270 g/mol. The first-order valence-corrected chi connectivity index (χ1v) is 7.30. The van der Waals surface area contributed by atoms with Crippen molar-refractivity contribution in [2.75, 3.05) is 0 Å². The SMILES string of the molecule is CC1(C)O[C@H]2[C@H](N3C(=O)c4ccccc4C3=O)CC[C@H]2O1. The Morgan fingerprint density at radius 3 is 2.29 bits per heavy atom. The predicted molar refractivity (Wildman–Crippen MR) is 73.8 cm³/mol. The second-order valence-electron chi connectivity index (χ2n) is 6.31. The average Bonchev–Trinajstić information content (AvgIpc) is 3.02. The minimum Gasteiger partial charge on any atom is -0.344 e. The van der Waals surface area contributed by atoms with E-state index in [1.165, 1.54) is 4.90 Å². The molecular formula is C16H17NO4. The molecule has 3 aliphatic rings. The average molecular weight is 287 g/mol. The van der Waals surface area contributed by atoms with Gasteiger partial charge in [-0.15, -0.1) is 0 Å². The van der Waals surface area contributed by atoms with Crippen LogP contribution in [0, 0.1) is 0 Å². The standard InChI is InChI=1S/C16H17NO4/c1-16(2)20-12-8-7-11(13(12)21-16)17-14(18)9-5-3-4-6-10(9)15(17)19/h3-6,11-13H,7-8H2,1-2H3/t11-,12-,13+/m1/s1. The molecule has 0 bridgehead atoms. The van der Waals surface area contributed by atoms with Crippen LogP contribution in [-0.4, -0.2) is 40.8 Å². The van der Waals surface area contributed by atoms with E-state index in [-0.39, 0.29) is 30.1 Å². The van der Waals surface area contributed by atoms with Crippen molar-refractivity contribution < 1.29 is 19.1 Å². The second-order valence-corrected chi connectivity index (χ2v) is 6.31. The molecule has 5 heteroatoms. The first-order valence-electron chi connectivity index (χ1n) is 7.30. The Hall–Kier alpha value is -1.72. The van der Waals surface area contributed by atoms with E-state index >= 15 is 0 Å². The molecule has 2 fully saturated rings. The maximum atomic E-state index is 12.6. The van der Waals surface area contributed by atoms with Crippen LogP contribution in [0.5, 0.6) is 0 Å². The minimum atomic E-state index is -0.646. The Bertz CT molecular complexity index is 604. The quantitative estimate of drug-likeness (QED) is 0.741. The minimum absolute atomic E-state index is 0.0330. The van der Waals surface area contributed by atoms with Gasteiger partial charge in [0.2, 0.25) is 0 Å². The predicted octanol–water partition coefficient (Wildman–Crippen LogP) is 1.97. The summed E-state index contributed by atoms with van der Waals surface area (Å²) in [4.78, 5) is 26.5. The largest absolute Gasteiger partial charge is 0.344 e. The summed E-state index contributed by atoms with van der Waals surface area (Å²) in [5, 5.41) is 0. The normalized spacial score (nSPS) is 33.4. The summed E-state index contributed by atoms with van der Waals surface area (Å²) in [5.74, 6) is -1.07. The third kappa shape index (κ3) is 1.77. The number of rotatable bonds is 1. The molecule has 0 aromatic heterocycles. The number of carbonyl (C=O) groups is 2. The molecule has 110 valence electrons. The molecule has 1 aromatic rings. The van der Waals surface area contributed by atoms with E-state index in [0.29, 0.717) is 11.1 Å². The summed E-state index contributed by atoms with van der Waals surface area (Å²) in [6.07, 6.45) is 1.29. The lowest BCUT2D eigenvalue weighted by Gasteiger charge is -2.27. The van der Waals surface area contributed by atoms with Gasteiger partial charge < -0.3 is 9.47 Å². The van der Waals surface area contributed by atoms with Crippen molar-refractivity contribution in [1.29, 1.82) is 0 Å². The summed E-state index contributed by atoms with van der Waals surface area (Å²) in [6, 6.07) is 6.74. The fourth-order valence-corrected chi connectivity index (χ4v) is 3.70. The van der Waals surface area contributed by atoms with Crippen LogP contribution in [0.4, 0.5) is 0 Å². The number of fused-ring (bicyclic) bond motifs is 2. The first kappa shape index (κ1) is 13.0. The van der Waals surface area contributed by atoms with Crippen LogP contribution in [0.25, 0.3) is 0 Å². The molecule has 2 amide bonds. The van der Waals surface area contributed by atoms with Gasteiger partial charge in [-0.1, -0.05) is 12.1 Å². The van der Waals surface area contributed by atoms with Crippen molar-refractivity contribution in [3.63, 3.8) is 0 Å². The highest BCUT2D eigenvalue weighted by Crippen LogP contribution is 2.42. The number of hydrogen-bond donors (Lipinski definition) is 0. The molecule has 21 heavy (non-hydrogen) atoms. The van der Waals surface area contributed by atoms with Gasteiger partial charge in [-0.3, -0.25) is 14.5 Å². The zero-order valence-corrected chi connectivity index (χ0v) is 12.0. The van der Waals surface area contributed by atoms with E-state index < -0.39 is 5.79 Å². The topological polar surface area (TPSA) is 55.8 Å². The molecule has 0 radical (unpaired) electrons. The molecule has 2 heterocycles. The Labute approximate surface area is 122 Å². The van der Waals surface area contributed by atoms with Gasteiger partial charge in [-0.25, -0.2) is 0 Å². The molecule has 0 N–H and O–H groups in total. The number of amides is 2. The highest BCUT2D eigenvalue weighted by Gasteiger charge is 2.54. The van der Waals surface area contributed by atoms with Gasteiger partial charge in [0.1, 0.15) is 6.10 Å². The van der Waals surface area contributed by atoms with Crippen LogP contribution in [0.3, 0.4) is 0 Å². The highest BCUT2D eigenvalue weighted by atomic mass is 16.8. The van der Waals surface area contributed by atoms with Crippen molar-refractivity contribution in [3.05, 3.63) is 35.4 Å². The van der Waals surface area contributed by atoms with E-state index in [9.17, 15) is 9.59 Å². The molecule has 0 unspecified atom stereocenters. The lowest BCUT2D eigenvalue weighted by Crippen LogP contribution is -2.46. The maximum Gasteiger partial charge on any atom is 0.261 e. The van der Waals surface area contributed by atoms with E-state index in [1.807, 2.05) is 13.8 Å². The van der Waals surface area contributed by atoms with Gasteiger partial charge in [-0.2, -0.15) is 0 Å². The Kier molecular flexibility index (Phi) is 2.56. The smallest absolute Gasteiger partial charge is 0.261 e. The van der Waals surface area contributed by atoms with Crippen LogP contribution in [0.2, 0.25) is 0 Å². The fraction of sp³-hybridized carbons (Fsp3) is 0.500. The Morgan fingerprint density at radius 1 is 1.05 bits per heavy atom. The second kappa shape index (κ2) is 4.15. The number of carbonyl (C=O) groups excluding carboxylic acids is 2. The lowest BCUT2D eigenvalue weighted by atomic mass is 10.1. The van der Waals surface area contributed by atoms with Crippen LogP contribution in [-0.2, 0) is 9.47 Å². The maximum absolute atomic E-state index is 12.6. The molecule has 1 saturated carbocycles. The molecule has 4 rings (SSSR count). The number of nitrogens with zero attached hydrogens (tertiary/aromatic N) is 1. The number of hydrogen-bond acceptors (Lipinski definition) is 4. The molecule has 1 aliphatic carbocycles. The number of benzene rings is 1. The van der Waals surface area contributed by atoms with Crippen molar-refractivity contribution in [2.45, 2.75) is 50.7 Å². The van der Waals surface area contributed by atoms with E-state index in [2.05, 4.69) is 0 Å². The van der Waals surface area contributed by atoms with Crippen molar-refractivity contribution in [3.8, 4) is 0 Å². The van der Waals surface area contributed by atoms with Crippen molar-refractivity contribution in [1.82, 2.24) is 4.90 Å². The van der Waals surface area contributed by atoms with Crippen LogP contribution in [0.1, 0.15) is 47.4 Å². The highest BCUT2D eigenvalue weighted by molar-refractivity contribution is 6.21. The fourth-order valence-electron chi connectivity index (χ4n) is 3.70. The monoisotopic (exact) mass is 287 g/mol. The molecule has 3 atom stereocenters. The lowest BCUT2D eigenvalue weighted by molar-refractivity contribution is -0.155. The van der Waals surface area contributed by atoms with Gasteiger partial charge >= 0.3 is 0 Å². The summed E-state index contributed by atoms with van der Waals surface area (Å²) in [7, 11) is 0. The number of ether oxygens (including phenoxy) is 2. The van der Waals surface area contributed by atoms with Crippen LogP contribution < -0.4 is 0 Å². The third-order valence-corrected chi connectivity index (χ3v) is 4.50. The summed E-state index contributed by atoms with van der Waals surface area (Å²) >= 11 is 0. The molecule has 5 nitrogen and oxygen atoms in total. The van der Waals surface area contributed by atoms with Crippen LogP contribution >= 0.6 is 0 Å². The molecule has 1 saturated heterocycles. The van der Waals surface area contributed by atoms with Crippen LogP contribution in [0.15, 0.2) is 24.3 Å². The van der Waals surface area contributed by atoms with Gasteiger partial charge in [0, 0.05) is 0 Å². The van der Waals surface area contributed by atoms with Gasteiger partial charge in [0.15, 0.2) is 5.79 Å². The van der Waals surface area contributed by atoms with E-state index in [4.69, 9.17) is 9.47 Å². The van der Waals surface area contributed by atoms with Gasteiger partial charge in [-0.05, 0) is 38.8 Å². The summed E-state index contributed by atoms with van der Waals surface area (Å²) in [5.41, 5.74) is 0.980. The first-order chi connectivity index (χ1) is 9.98. The summed E-state index contributed by atoms with van der Waals surface area (Å²) in [6.45, 7) is 3.73. The third-order valence-electron chi connectivity index (χ3n) is 4.50. The van der Waals surface area contributed by atoms with Gasteiger partial charge in [0.05, 0.1) is 23.3 Å². The zero-order valence-electron chi connectivity index (χ0n) is 12.0. The van der Waals surface area contributed by atoms with E-state index in [0.717, 1.165) is 12.8 Å². The van der Waals surface area contributed by atoms with E-state index in [1.54, 1.807) is 24.3 Å². The zero-order chi connectivity index (χ0) is 14.8. The summed E-state index contributed by atoms with van der Waals surface area (Å²) < 4.78 is 11.8. The molecule has 2 aliphatic heterocycles. The molecule has 1 aromatic carbocycles.